The number of H-pyrrole nitrogens is 1. The molecule has 2 N–H and O–H groups in total. The number of para-hydroxylation sites is 1. The van der Waals surface area contributed by atoms with Gasteiger partial charge in [-0.2, -0.15) is 0 Å². The van der Waals surface area contributed by atoms with Crippen LogP contribution in [-0.4, -0.2) is 41.5 Å². The van der Waals surface area contributed by atoms with E-state index in [1.165, 1.54) is 22.9 Å². The molecule has 1 fully saturated rings. The summed E-state index contributed by atoms with van der Waals surface area (Å²) in [5.74, 6) is 1.06. The summed E-state index contributed by atoms with van der Waals surface area (Å²) in [4.78, 5) is 18.2. The molecule has 0 radical (unpaired) electrons. The van der Waals surface area contributed by atoms with Crippen LogP contribution in [0.4, 0.5) is 0 Å². The number of carbonyl (C=O) groups excluding carboxylic acids is 1. The number of nitrogens with zero attached hydrogens (tertiary/aromatic N) is 1. The van der Waals surface area contributed by atoms with Crippen molar-refractivity contribution in [1.82, 2.24) is 15.2 Å². The standard InChI is InChI=1S/C25H31N3O2/c1-18(2)27-25(29)22-7-3-4-8-24(22)30-17-20-6-5-13-28(16-20)15-19-9-10-23-21(14-19)11-12-26-23/h3-4,7-12,14,18,20,26H,5-6,13,15-17H2,1-2H3,(H,27,29). The molecule has 3 aromatic rings. The number of carbonyl (C=O) groups is 1. The Bertz CT molecular complexity index is 995. The Morgan fingerprint density at radius 1 is 1.23 bits per heavy atom. The number of aromatic nitrogens is 1. The van der Waals surface area contributed by atoms with Gasteiger partial charge in [-0.15, -0.1) is 0 Å². The normalized spacial score (nSPS) is 17.4. The second-order valence-electron chi connectivity index (χ2n) is 8.58. The molecule has 0 aliphatic carbocycles. The number of fused-ring (bicyclic) bond motifs is 1. The number of likely N-dealkylation sites (tertiary alicyclic amines) is 1. The second-order valence-corrected chi connectivity index (χ2v) is 8.58. The number of ether oxygens (including phenoxy) is 1. The van der Waals surface area contributed by atoms with Crippen molar-refractivity contribution in [2.24, 2.45) is 5.92 Å². The number of amides is 1. The molecule has 5 heteroatoms. The summed E-state index contributed by atoms with van der Waals surface area (Å²) in [6, 6.07) is 16.4. The van der Waals surface area contributed by atoms with E-state index in [1.807, 2.05) is 44.3 Å². The lowest BCUT2D eigenvalue weighted by Crippen LogP contribution is -2.37. The lowest BCUT2D eigenvalue weighted by atomic mass is 9.98. The van der Waals surface area contributed by atoms with Gasteiger partial charge in [0.25, 0.3) is 5.91 Å². The fraction of sp³-hybridized carbons (Fsp3) is 0.400. The first-order valence-corrected chi connectivity index (χ1v) is 10.9. The number of aromatic amines is 1. The Morgan fingerprint density at radius 3 is 2.97 bits per heavy atom. The molecule has 1 aromatic heterocycles. The highest BCUT2D eigenvalue weighted by molar-refractivity contribution is 5.97. The van der Waals surface area contributed by atoms with E-state index >= 15 is 0 Å². The van der Waals surface area contributed by atoms with Crippen molar-refractivity contribution in [3.05, 3.63) is 65.9 Å². The number of nitrogens with one attached hydrogen (secondary N) is 2. The molecule has 1 unspecified atom stereocenters. The molecule has 158 valence electrons. The zero-order valence-electron chi connectivity index (χ0n) is 17.9. The summed E-state index contributed by atoms with van der Waals surface area (Å²) in [7, 11) is 0. The van der Waals surface area contributed by atoms with Crippen LogP contribution in [0.2, 0.25) is 0 Å². The Labute approximate surface area is 178 Å². The van der Waals surface area contributed by atoms with Gasteiger partial charge < -0.3 is 15.0 Å². The van der Waals surface area contributed by atoms with Crippen molar-refractivity contribution in [2.45, 2.75) is 39.3 Å². The molecule has 2 heterocycles. The first-order valence-electron chi connectivity index (χ1n) is 10.9. The highest BCUT2D eigenvalue weighted by Gasteiger charge is 2.22. The maximum atomic E-state index is 12.5. The van der Waals surface area contributed by atoms with Gasteiger partial charge in [-0.25, -0.2) is 0 Å². The molecule has 2 aromatic carbocycles. The zero-order chi connectivity index (χ0) is 20.9. The number of hydrogen-bond donors (Lipinski definition) is 2. The highest BCUT2D eigenvalue weighted by atomic mass is 16.5. The van der Waals surface area contributed by atoms with E-state index in [1.54, 1.807) is 0 Å². The fourth-order valence-corrected chi connectivity index (χ4v) is 4.22. The van der Waals surface area contributed by atoms with Crippen molar-refractivity contribution in [3.63, 3.8) is 0 Å². The third-order valence-corrected chi connectivity index (χ3v) is 5.65. The van der Waals surface area contributed by atoms with Crippen LogP contribution in [0.15, 0.2) is 54.7 Å². The Hall–Kier alpha value is -2.79. The predicted molar refractivity (Wildman–Crippen MR) is 121 cm³/mol. The van der Waals surface area contributed by atoms with E-state index in [2.05, 4.69) is 39.5 Å². The van der Waals surface area contributed by atoms with Gasteiger partial charge in [-0.1, -0.05) is 18.2 Å². The highest BCUT2D eigenvalue weighted by Crippen LogP contribution is 2.24. The van der Waals surface area contributed by atoms with Crippen LogP contribution in [0.3, 0.4) is 0 Å². The number of benzene rings is 2. The molecule has 4 rings (SSSR count). The Kier molecular flexibility index (Phi) is 6.38. The third kappa shape index (κ3) is 5.03. The van der Waals surface area contributed by atoms with Gasteiger partial charge in [0.1, 0.15) is 5.75 Å². The van der Waals surface area contributed by atoms with Gasteiger partial charge in [0.05, 0.1) is 12.2 Å². The van der Waals surface area contributed by atoms with E-state index in [9.17, 15) is 4.79 Å². The lowest BCUT2D eigenvalue weighted by Gasteiger charge is -2.32. The first-order chi connectivity index (χ1) is 14.6. The number of rotatable bonds is 7. The van der Waals surface area contributed by atoms with E-state index in [0.29, 0.717) is 23.8 Å². The summed E-state index contributed by atoms with van der Waals surface area (Å²) in [6.07, 6.45) is 4.32. The monoisotopic (exact) mass is 405 g/mol. The molecule has 0 saturated carbocycles. The van der Waals surface area contributed by atoms with Gasteiger partial charge in [0.15, 0.2) is 0 Å². The summed E-state index contributed by atoms with van der Waals surface area (Å²) < 4.78 is 6.13. The number of piperidine rings is 1. The van der Waals surface area contributed by atoms with Gasteiger partial charge in [-0.3, -0.25) is 9.69 Å². The summed E-state index contributed by atoms with van der Waals surface area (Å²) in [6.45, 7) is 7.67. The minimum Gasteiger partial charge on any atom is -0.492 e. The molecule has 30 heavy (non-hydrogen) atoms. The maximum Gasteiger partial charge on any atom is 0.255 e. The van der Waals surface area contributed by atoms with Crippen molar-refractivity contribution >= 4 is 16.8 Å². The van der Waals surface area contributed by atoms with Crippen molar-refractivity contribution in [3.8, 4) is 5.75 Å². The fourth-order valence-electron chi connectivity index (χ4n) is 4.22. The largest absolute Gasteiger partial charge is 0.492 e. The summed E-state index contributed by atoms with van der Waals surface area (Å²) >= 11 is 0. The molecule has 1 aliphatic heterocycles. The van der Waals surface area contributed by atoms with Crippen LogP contribution in [-0.2, 0) is 6.54 Å². The number of hydrogen-bond acceptors (Lipinski definition) is 3. The Balaban J connectivity index is 1.35. The van der Waals surface area contributed by atoms with E-state index in [-0.39, 0.29) is 11.9 Å². The first kappa shape index (κ1) is 20.5. The quantitative estimate of drug-likeness (QED) is 0.604. The van der Waals surface area contributed by atoms with Crippen molar-refractivity contribution in [1.29, 1.82) is 0 Å². The van der Waals surface area contributed by atoms with Gasteiger partial charge in [-0.05, 0) is 74.5 Å². The van der Waals surface area contributed by atoms with Crippen molar-refractivity contribution < 1.29 is 9.53 Å². The van der Waals surface area contributed by atoms with Gasteiger partial charge in [0, 0.05) is 36.8 Å². The average Bonchev–Trinajstić information content (AvgIpc) is 3.20. The molecule has 1 amide bonds. The van der Waals surface area contributed by atoms with E-state index < -0.39 is 0 Å². The summed E-state index contributed by atoms with van der Waals surface area (Å²) in [5, 5.41) is 4.22. The van der Waals surface area contributed by atoms with Gasteiger partial charge in [0.2, 0.25) is 0 Å². The third-order valence-electron chi connectivity index (χ3n) is 5.65. The van der Waals surface area contributed by atoms with E-state index in [4.69, 9.17) is 4.74 Å². The summed E-state index contributed by atoms with van der Waals surface area (Å²) in [5.41, 5.74) is 3.14. The zero-order valence-corrected chi connectivity index (χ0v) is 17.9. The molecule has 5 nitrogen and oxygen atoms in total. The van der Waals surface area contributed by atoms with Crippen LogP contribution >= 0.6 is 0 Å². The minimum absolute atomic E-state index is 0.0778. The Morgan fingerprint density at radius 2 is 2.10 bits per heavy atom. The maximum absolute atomic E-state index is 12.5. The predicted octanol–water partition coefficient (Wildman–Crippen LogP) is 4.60. The second kappa shape index (κ2) is 9.35. The van der Waals surface area contributed by atoms with Crippen molar-refractivity contribution in [2.75, 3.05) is 19.7 Å². The van der Waals surface area contributed by atoms with Gasteiger partial charge >= 0.3 is 0 Å². The molecular weight excluding hydrogens is 374 g/mol. The average molecular weight is 406 g/mol. The van der Waals surface area contributed by atoms with Crippen LogP contribution < -0.4 is 10.1 Å². The topological polar surface area (TPSA) is 57.4 Å². The SMILES string of the molecule is CC(C)NC(=O)c1ccccc1OCC1CCCN(Cc2ccc3[nH]ccc3c2)C1. The molecular formula is C25H31N3O2. The molecule has 0 bridgehead atoms. The molecule has 1 aliphatic rings. The molecule has 0 spiro atoms. The van der Waals surface area contributed by atoms with Crippen LogP contribution in [0.1, 0.15) is 42.6 Å². The smallest absolute Gasteiger partial charge is 0.255 e. The van der Waals surface area contributed by atoms with E-state index in [0.717, 1.165) is 26.1 Å². The molecule has 1 saturated heterocycles. The lowest BCUT2D eigenvalue weighted by molar-refractivity contribution is 0.0932. The van der Waals surface area contributed by atoms with Crippen LogP contribution in [0, 0.1) is 5.92 Å². The van der Waals surface area contributed by atoms with Crippen LogP contribution in [0.25, 0.3) is 10.9 Å². The van der Waals surface area contributed by atoms with Crippen LogP contribution in [0.5, 0.6) is 5.75 Å². The minimum atomic E-state index is -0.0778. The molecule has 1 atom stereocenters.